The molecule has 0 radical (unpaired) electrons. The van der Waals surface area contributed by atoms with E-state index in [4.69, 9.17) is 27.5 Å². The number of benzene rings is 9. The first-order chi connectivity index (χ1) is 41.3. The second-order valence-electron chi connectivity index (χ2n) is 17.1. The van der Waals surface area contributed by atoms with Gasteiger partial charge < -0.3 is 13.9 Å². The molecule has 3 aromatic heterocycles. The molecule has 0 aliphatic carbocycles. The largest absolute Gasteiger partial charge is 0.510 e. The van der Waals surface area contributed by atoms with E-state index >= 15 is 0 Å². The molecule has 0 saturated heterocycles. The van der Waals surface area contributed by atoms with Crippen LogP contribution in [0.2, 0.25) is 0 Å². The molecule has 9 aromatic carbocycles. The first kappa shape index (κ1) is 28.4. The fourth-order valence-electron chi connectivity index (χ4n) is 8.50. The molecule has 0 N–H and O–H groups in total. The van der Waals surface area contributed by atoms with Gasteiger partial charge in [0.1, 0.15) is 5.82 Å². The van der Waals surface area contributed by atoms with E-state index in [0.29, 0.717) is 33.8 Å². The number of hydrogen-bond acceptors (Lipinski definition) is 2. The van der Waals surface area contributed by atoms with Crippen LogP contribution in [0.15, 0.2) is 224 Å². The monoisotopic (exact) mass is 1100 g/mol. The Kier molecular flexibility index (Phi) is 7.47. The van der Waals surface area contributed by atoms with E-state index in [-0.39, 0.29) is 54.6 Å². The van der Waals surface area contributed by atoms with Gasteiger partial charge in [-0.2, -0.15) is 18.2 Å². The number of nitrogens with zero attached hydrogens (tertiary/aromatic N) is 4. The number of rotatable bonds is 9. The maximum Gasteiger partial charge on any atom is 0.268 e. The molecule has 0 saturated carbocycles. The van der Waals surface area contributed by atoms with E-state index < -0.39 is 137 Å². The molecule has 12 aromatic rings. The third-order valence-corrected chi connectivity index (χ3v) is 11.7. The molecule has 12 rings (SSSR count). The smallest absolute Gasteiger partial charge is 0.268 e. The first-order valence-corrected chi connectivity index (χ1v) is 21.9. The number of hydrogen-bond donors (Lipinski definition) is 0. The number of pyridine rings is 1. The summed E-state index contributed by atoms with van der Waals surface area (Å²) in [5, 5.41) is 1.91. The van der Waals surface area contributed by atoms with Crippen molar-refractivity contribution in [3.63, 3.8) is 0 Å². The normalized spacial score (nSPS) is 15.1. The quantitative estimate of drug-likeness (QED) is 0.107. The second-order valence-corrected chi connectivity index (χ2v) is 17.1. The molecular formula is C64H46N4OPt-2. The Morgan fingerprint density at radius 2 is 1.16 bits per heavy atom. The Morgan fingerprint density at radius 1 is 0.557 bits per heavy atom. The predicted molar refractivity (Wildman–Crippen MR) is 280 cm³/mol. The van der Waals surface area contributed by atoms with Gasteiger partial charge in [0.25, 0.3) is 6.33 Å². The Balaban J connectivity index is 0.00000800. The molecule has 0 fully saturated rings. The van der Waals surface area contributed by atoms with Gasteiger partial charge in [0, 0.05) is 44.3 Å². The molecule has 340 valence electrons. The fraction of sp³-hybridized carbons (Fsp3) is 0.0625. The molecule has 5 nitrogen and oxygen atoms in total. The van der Waals surface area contributed by atoms with Crippen LogP contribution in [0.3, 0.4) is 0 Å². The van der Waals surface area contributed by atoms with Crippen molar-refractivity contribution in [2.24, 2.45) is 0 Å². The van der Waals surface area contributed by atoms with Gasteiger partial charge in [-0.3, -0.25) is 4.57 Å². The van der Waals surface area contributed by atoms with Gasteiger partial charge in [0.15, 0.2) is 0 Å². The van der Waals surface area contributed by atoms with Gasteiger partial charge in [-0.1, -0.05) is 178 Å². The van der Waals surface area contributed by atoms with Gasteiger partial charge >= 0.3 is 0 Å². The molecule has 70 heavy (non-hydrogen) atoms. The molecule has 0 aliphatic heterocycles. The number of imidazole rings is 1. The summed E-state index contributed by atoms with van der Waals surface area (Å²) < 4.78 is 174. The minimum absolute atomic E-state index is 0. The molecule has 6 heteroatoms. The van der Waals surface area contributed by atoms with Crippen molar-refractivity contribution < 1.29 is 55.0 Å². The van der Waals surface area contributed by atoms with E-state index in [0.717, 1.165) is 21.9 Å². The number of aromatic nitrogens is 4. The van der Waals surface area contributed by atoms with Crippen molar-refractivity contribution in [2.75, 3.05) is 0 Å². The van der Waals surface area contributed by atoms with Crippen molar-refractivity contribution in [3.05, 3.63) is 248 Å². The van der Waals surface area contributed by atoms with E-state index in [2.05, 4.69) is 45.3 Å². The Hall–Kier alpha value is -8.11. The first-order valence-electron chi connectivity index (χ1n) is 30.9. The van der Waals surface area contributed by atoms with E-state index in [1.54, 1.807) is 53.2 Å². The maximum absolute atomic E-state index is 10.1. The minimum Gasteiger partial charge on any atom is -0.510 e. The van der Waals surface area contributed by atoms with Crippen LogP contribution in [-0.4, -0.2) is 14.1 Å². The van der Waals surface area contributed by atoms with Crippen LogP contribution in [0.1, 0.15) is 51.0 Å². The summed E-state index contributed by atoms with van der Waals surface area (Å²) in [7, 11) is 0. The predicted octanol–water partition coefficient (Wildman–Crippen LogP) is 15.6. The summed E-state index contributed by atoms with van der Waals surface area (Å²) >= 11 is 0. The Bertz CT molecular complexity index is 4780. The van der Waals surface area contributed by atoms with Crippen molar-refractivity contribution in [3.8, 4) is 73.2 Å². The molecule has 0 unspecified atom stereocenters. The molecule has 3 heterocycles. The standard InChI is InChI=1S/C64H46N4O.Pt/c1-64(2,3)50-35-36-65-62(40-50)68-58-30-14-13-27-56(58)57-34-33-53(42-61(57)68)69-52-26-17-25-51(41-52)66-43-67(60-32-16-15-31-59(60)66)63-54(46-23-11-6-12-24-46)28-18-29-55(63)49-38-47(44-19-7-4-8-20-44)37-48(39-49)45-21-9-5-10-22-45;/h4-40H,1-3H3;/q-2;/i4D,5D,6D,7D,8D,9D,10D,11D,12D,19D,20D,21D,22D,23D,24D,37D,38D,39D;. The van der Waals surface area contributed by atoms with Crippen LogP contribution in [0.4, 0.5) is 0 Å². The average molecular weight is 1100 g/mol. The summed E-state index contributed by atoms with van der Waals surface area (Å²) in [5.74, 6) is 1.30. The maximum atomic E-state index is 10.1. The van der Waals surface area contributed by atoms with E-state index in [9.17, 15) is 6.85 Å². The van der Waals surface area contributed by atoms with Gasteiger partial charge in [-0.15, -0.1) is 29.7 Å². The molecule has 0 amide bonds. The molecule has 0 atom stereocenters. The van der Waals surface area contributed by atoms with Gasteiger partial charge in [-0.25, -0.2) is 4.98 Å². The number of para-hydroxylation sites is 4. The third kappa shape index (κ3) is 8.23. The summed E-state index contributed by atoms with van der Waals surface area (Å²) in [5.41, 5.74) is -0.0156. The number of ether oxygens (including phenoxy) is 1. The summed E-state index contributed by atoms with van der Waals surface area (Å²) in [6.45, 7) is 6.41. The topological polar surface area (TPSA) is 35.9 Å². The SMILES string of the molecule is [2H]c1c([2H])c([2H])c(-c2cccc(-c3c([2H])c(-c4c([2H])c([2H])c([2H])c([2H])c4[2H])c([2H])c(-c4c([2H])c([2H])c([2H])c([2H])c4[2H])c3[2H])c2-[n+]2[c-]n(-c3[c-]c(Oc4[c-]c5c(cc4)c4ccccc4n5-c4cc(C(C)(C)C)ccn4)ccc3)c3ccccc32)c([2H])c1[2H].[Pt]. The Labute approximate surface area is 448 Å². The average Bonchev–Trinajstić information content (AvgIpc) is 1.27. The summed E-state index contributed by atoms with van der Waals surface area (Å²) in [6.07, 6.45) is 5.16. The summed E-state index contributed by atoms with van der Waals surface area (Å²) in [6, 6.07) is 25.0. The zero-order valence-corrected chi connectivity index (χ0v) is 39.8. The number of fused-ring (bicyclic) bond motifs is 4. The minimum atomic E-state index is -0.870. The van der Waals surface area contributed by atoms with Gasteiger partial charge in [-0.05, 0) is 103 Å². The molecule has 0 spiro atoms. The van der Waals surface area contributed by atoms with E-state index in [1.165, 1.54) is 22.8 Å². The van der Waals surface area contributed by atoms with Crippen LogP contribution < -0.4 is 9.30 Å². The zero-order valence-electron chi connectivity index (χ0n) is 55.5. The van der Waals surface area contributed by atoms with Crippen molar-refractivity contribution in [2.45, 2.75) is 26.2 Å². The third-order valence-electron chi connectivity index (χ3n) is 11.7. The van der Waals surface area contributed by atoms with Crippen LogP contribution in [-0.2, 0) is 26.5 Å². The summed E-state index contributed by atoms with van der Waals surface area (Å²) in [4.78, 5) is 4.80. The van der Waals surface area contributed by atoms with Crippen molar-refractivity contribution in [1.29, 1.82) is 0 Å². The Morgan fingerprint density at radius 3 is 1.86 bits per heavy atom. The van der Waals surface area contributed by atoms with Crippen molar-refractivity contribution in [1.82, 2.24) is 14.1 Å². The van der Waals surface area contributed by atoms with Crippen LogP contribution in [0, 0.1) is 18.5 Å². The van der Waals surface area contributed by atoms with Gasteiger partial charge in [0.05, 0.1) is 41.4 Å². The van der Waals surface area contributed by atoms with Crippen LogP contribution in [0.25, 0.3) is 94.5 Å². The molecule has 0 bridgehead atoms. The zero-order chi connectivity index (χ0) is 62.1. The van der Waals surface area contributed by atoms with Crippen LogP contribution in [0.5, 0.6) is 11.5 Å². The fourth-order valence-corrected chi connectivity index (χ4v) is 8.50. The molecule has 0 aliphatic rings. The second kappa shape index (κ2) is 18.4. The van der Waals surface area contributed by atoms with Crippen molar-refractivity contribution >= 4 is 32.8 Å². The van der Waals surface area contributed by atoms with Gasteiger partial charge in [0.2, 0.25) is 0 Å². The molecular weight excluding hydrogens is 1040 g/mol. The van der Waals surface area contributed by atoms with E-state index in [1.807, 2.05) is 47.0 Å². The van der Waals surface area contributed by atoms with Crippen LogP contribution >= 0.6 is 0 Å².